The highest BCUT2D eigenvalue weighted by Crippen LogP contribution is 2.35. The number of nitrogens with zero attached hydrogens (tertiary/aromatic N) is 1. The number of halogens is 3. The van der Waals surface area contributed by atoms with E-state index in [1.165, 1.54) is 25.7 Å². The average molecular weight is 460 g/mol. The minimum Gasteiger partial charge on any atom is -0.397 e. The lowest BCUT2D eigenvalue weighted by Gasteiger charge is -2.37. The molecule has 8 heteroatoms. The molecule has 29 heavy (non-hydrogen) atoms. The van der Waals surface area contributed by atoms with Crippen LogP contribution in [0.5, 0.6) is 0 Å². The maximum absolute atomic E-state index is 12.4. The van der Waals surface area contributed by atoms with Crippen molar-refractivity contribution in [3.8, 4) is 0 Å². The highest BCUT2D eigenvalue weighted by molar-refractivity contribution is 6.05. The Hall–Kier alpha value is -1.66. The van der Waals surface area contributed by atoms with Crippen LogP contribution in [-0.2, 0) is 0 Å². The maximum atomic E-state index is 12.4. The van der Waals surface area contributed by atoms with Gasteiger partial charge in [0.2, 0.25) is 0 Å². The van der Waals surface area contributed by atoms with Crippen molar-refractivity contribution in [3.63, 3.8) is 0 Å². The molecule has 0 aromatic heterocycles. The van der Waals surface area contributed by atoms with Crippen LogP contribution < -0.4 is 16.4 Å². The van der Waals surface area contributed by atoms with E-state index in [-0.39, 0.29) is 43.1 Å². The SMILES string of the molecule is CN1C2CCC1CC(Nc1ccc(C(=O)Nc3ccccc3N)cc1)C2.Cl.Cl.Cl. The summed E-state index contributed by atoms with van der Waals surface area (Å²) in [6.45, 7) is 0. The summed E-state index contributed by atoms with van der Waals surface area (Å²) in [5, 5.41) is 6.51. The molecule has 0 spiro atoms. The van der Waals surface area contributed by atoms with E-state index in [0.29, 0.717) is 35.1 Å². The van der Waals surface area contributed by atoms with E-state index >= 15 is 0 Å². The van der Waals surface area contributed by atoms with Crippen molar-refractivity contribution in [2.45, 2.75) is 43.8 Å². The Morgan fingerprint density at radius 3 is 2.14 bits per heavy atom. The number of benzene rings is 2. The van der Waals surface area contributed by atoms with Gasteiger partial charge in [-0.2, -0.15) is 0 Å². The van der Waals surface area contributed by atoms with Gasteiger partial charge in [0, 0.05) is 29.4 Å². The fraction of sp³-hybridized carbons (Fsp3) is 0.381. The number of para-hydroxylation sites is 2. The van der Waals surface area contributed by atoms with Gasteiger partial charge in [-0.15, -0.1) is 37.2 Å². The van der Waals surface area contributed by atoms with Crippen molar-refractivity contribution in [2.75, 3.05) is 23.4 Å². The van der Waals surface area contributed by atoms with E-state index in [4.69, 9.17) is 5.73 Å². The van der Waals surface area contributed by atoms with Gasteiger partial charge in [0.1, 0.15) is 0 Å². The van der Waals surface area contributed by atoms with E-state index in [2.05, 4.69) is 22.6 Å². The number of carbonyl (C=O) groups is 1. The van der Waals surface area contributed by atoms with E-state index in [9.17, 15) is 4.79 Å². The summed E-state index contributed by atoms with van der Waals surface area (Å²) in [4.78, 5) is 14.9. The van der Waals surface area contributed by atoms with Gasteiger partial charge in [-0.3, -0.25) is 4.79 Å². The smallest absolute Gasteiger partial charge is 0.255 e. The average Bonchev–Trinajstić information content (AvgIpc) is 2.85. The van der Waals surface area contributed by atoms with Crippen LogP contribution in [-0.4, -0.2) is 36.0 Å². The topological polar surface area (TPSA) is 70.4 Å². The van der Waals surface area contributed by atoms with Crippen molar-refractivity contribution < 1.29 is 4.79 Å². The molecule has 2 saturated heterocycles. The molecule has 5 nitrogen and oxygen atoms in total. The molecule has 2 heterocycles. The van der Waals surface area contributed by atoms with Crippen LogP contribution >= 0.6 is 37.2 Å². The number of anilines is 3. The van der Waals surface area contributed by atoms with Gasteiger partial charge < -0.3 is 21.3 Å². The molecule has 1 amide bonds. The Morgan fingerprint density at radius 2 is 1.55 bits per heavy atom. The van der Waals surface area contributed by atoms with Crippen LogP contribution in [0.2, 0.25) is 0 Å². The first-order valence-electron chi connectivity index (χ1n) is 9.34. The number of nitrogens with one attached hydrogen (secondary N) is 2. The predicted molar refractivity (Wildman–Crippen MR) is 128 cm³/mol. The number of rotatable bonds is 4. The van der Waals surface area contributed by atoms with Crippen LogP contribution in [0.1, 0.15) is 36.0 Å². The molecular formula is C21H29Cl3N4O. The zero-order valence-corrected chi connectivity index (χ0v) is 18.8. The largest absolute Gasteiger partial charge is 0.397 e. The van der Waals surface area contributed by atoms with Gasteiger partial charge in [0.15, 0.2) is 0 Å². The lowest BCUT2D eigenvalue weighted by atomic mass is 9.97. The third-order valence-electron chi connectivity index (χ3n) is 5.83. The molecule has 2 aliphatic heterocycles. The third kappa shape index (κ3) is 5.70. The van der Waals surface area contributed by atoms with Crippen LogP contribution in [0.15, 0.2) is 48.5 Å². The lowest BCUT2D eigenvalue weighted by Crippen LogP contribution is -2.44. The number of hydrogen-bond donors (Lipinski definition) is 3. The molecule has 2 fully saturated rings. The molecule has 2 aromatic rings. The number of hydrogen-bond acceptors (Lipinski definition) is 4. The lowest BCUT2D eigenvalue weighted by molar-refractivity contribution is 0.102. The minimum atomic E-state index is -0.146. The van der Waals surface area contributed by atoms with Crippen molar-refractivity contribution >= 4 is 60.2 Å². The van der Waals surface area contributed by atoms with Crippen LogP contribution in [0.3, 0.4) is 0 Å². The summed E-state index contributed by atoms with van der Waals surface area (Å²) < 4.78 is 0. The molecule has 2 bridgehead atoms. The van der Waals surface area contributed by atoms with E-state index in [0.717, 1.165) is 5.69 Å². The second kappa shape index (κ2) is 10.9. The molecular weight excluding hydrogens is 431 g/mol. The normalized spacial score (nSPS) is 22.4. The second-order valence-corrected chi connectivity index (χ2v) is 7.48. The first kappa shape index (κ1) is 25.4. The van der Waals surface area contributed by atoms with Crippen molar-refractivity contribution in [1.82, 2.24) is 4.90 Å². The molecule has 4 rings (SSSR count). The Labute approximate surface area is 191 Å². The molecule has 4 N–H and O–H groups in total. The molecule has 2 unspecified atom stereocenters. The van der Waals surface area contributed by atoms with Gasteiger partial charge in [0.25, 0.3) is 5.91 Å². The monoisotopic (exact) mass is 458 g/mol. The Balaban J connectivity index is 0.00000140. The standard InChI is InChI=1S/C21H26N4O.3ClH/c1-25-17-10-11-18(25)13-16(12-17)23-15-8-6-14(7-9-15)21(26)24-20-5-3-2-4-19(20)22;;;/h2-9,16-18,23H,10-13,22H2,1H3,(H,24,26);3*1H. The second-order valence-electron chi connectivity index (χ2n) is 7.48. The zero-order chi connectivity index (χ0) is 18.1. The first-order chi connectivity index (χ1) is 12.6. The summed E-state index contributed by atoms with van der Waals surface area (Å²) in [6.07, 6.45) is 5.03. The third-order valence-corrected chi connectivity index (χ3v) is 5.83. The fourth-order valence-corrected chi connectivity index (χ4v) is 4.29. The Morgan fingerprint density at radius 1 is 0.966 bits per heavy atom. The zero-order valence-electron chi connectivity index (χ0n) is 16.3. The minimum absolute atomic E-state index is 0. The van der Waals surface area contributed by atoms with Crippen LogP contribution in [0, 0.1) is 0 Å². The van der Waals surface area contributed by atoms with E-state index in [1.807, 2.05) is 36.4 Å². The summed E-state index contributed by atoms with van der Waals surface area (Å²) in [6, 6.07) is 16.9. The molecule has 160 valence electrons. The van der Waals surface area contributed by atoms with Gasteiger partial charge in [-0.1, -0.05) is 12.1 Å². The highest BCUT2D eigenvalue weighted by atomic mass is 35.5. The first-order valence-corrected chi connectivity index (χ1v) is 9.34. The Kier molecular flexibility index (Phi) is 9.56. The van der Waals surface area contributed by atoms with E-state index < -0.39 is 0 Å². The van der Waals surface area contributed by atoms with Gasteiger partial charge >= 0.3 is 0 Å². The highest BCUT2D eigenvalue weighted by Gasteiger charge is 2.38. The molecule has 0 saturated carbocycles. The Bertz CT molecular complexity index is 789. The van der Waals surface area contributed by atoms with Gasteiger partial charge in [0.05, 0.1) is 11.4 Å². The molecule has 0 aliphatic carbocycles. The predicted octanol–water partition coefficient (Wildman–Crippen LogP) is 4.82. The summed E-state index contributed by atoms with van der Waals surface area (Å²) in [7, 11) is 2.26. The maximum Gasteiger partial charge on any atom is 0.255 e. The molecule has 2 aromatic carbocycles. The molecule has 0 radical (unpaired) electrons. The number of carbonyl (C=O) groups excluding carboxylic acids is 1. The number of fused-ring (bicyclic) bond motifs is 2. The number of amides is 1. The van der Waals surface area contributed by atoms with Crippen LogP contribution in [0.4, 0.5) is 17.1 Å². The summed E-state index contributed by atoms with van der Waals surface area (Å²) in [5.74, 6) is -0.146. The molecule has 2 atom stereocenters. The number of nitrogen functional groups attached to an aromatic ring is 1. The fourth-order valence-electron chi connectivity index (χ4n) is 4.29. The van der Waals surface area contributed by atoms with E-state index in [1.54, 1.807) is 12.1 Å². The van der Waals surface area contributed by atoms with Gasteiger partial charge in [-0.25, -0.2) is 0 Å². The number of nitrogens with two attached hydrogens (primary N) is 1. The van der Waals surface area contributed by atoms with Crippen molar-refractivity contribution in [1.29, 1.82) is 0 Å². The van der Waals surface area contributed by atoms with Crippen molar-refractivity contribution in [2.24, 2.45) is 0 Å². The summed E-state index contributed by atoms with van der Waals surface area (Å²) >= 11 is 0. The van der Waals surface area contributed by atoms with Crippen LogP contribution in [0.25, 0.3) is 0 Å². The van der Waals surface area contributed by atoms with Crippen molar-refractivity contribution in [3.05, 3.63) is 54.1 Å². The van der Waals surface area contributed by atoms with Gasteiger partial charge in [-0.05, 0) is 69.1 Å². The summed E-state index contributed by atoms with van der Waals surface area (Å²) in [5.41, 5.74) is 8.80. The number of piperidine rings is 1. The molecule has 2 aliphatic rings. The quantitative estimate of drug-likeness (QED) is 0.573.